The SMILES string of the molecule is FC(F)(F)c1cc(NC2CCC2)ncc1Br.Nc1ncccc1C(F)(F)F. The van der Waals surface area contributed by atoms with Crippen LogP contribution in [0.1, 0.15) is 30.4 Å². The van der Waals surface area contributed by atoms with Gasteiger partial charge in [0, 0.05) is 22.9 Å². The summed E-state index contributed by atoms with van der Waals surface area (Å²) in [6.07, 6.45) is -3.23. The maximum Gasteiger partial charge on any atom is 0.419 e. The molecule has 2 aromatic rings. The highest BCUT2D eigenvalue weighted by Crippen LogP contribution is 2.36. The molecule has 3 rings (SSSR count). The van der Waals surface area contributed by atoms with Crippen molar-refractivity contribution >= 4 is 27.6 Å². The van der Waals surface area contributed by atoms with Crippen LogP contribution in [0.5, 0.6) is 0 Å². The minimum atomic E-state index is -4.40. The Kier molecular flexibility index (Phi) is 6.55. The molecule has 1 aliphatic rings. The lowest BCUT2D eigenvalue weighted by Gasteiger charge is -2.27. The second kappa shape index (κ2) is 8.32. The van der Waals surface area contributed by atoms with Crippen LogP contribution in [-0.4, -0.2) is 16.0 Å². The van der Waals surface area contributed by atoms with E-state index < -0.39 is 29.3 Å². The van der Waals surface area contributed by atoms with Gasteiger partial charge < -0.3 is 11.1 Å². The Bertz CT molecular complexity index is 774. The third-order valence-electron chi connectivity index (χ3n) is 3.76. The van der Waals surface area contributed by atoms with Gasteiger partial charge in [0.15, 0.2) is 0 Å². The summed E-state index contributed by atoms with van der Waals surface area (Å²) in [5.74, 6) is -0.194. The molecule has 1 aliphatic carbocycles. The number of nitrogens with one attached hydrogen (secondary N) is 1. The number of halogens is 7. The van der Waals surface area contributed by atoms with Gasteiger partial charge in [-0.25, -0.2) is 9.97 Å². The van der Waals surface area contributed by atoms with Crippen molar-refractivity contribution in [3.63, 3.8) is 0 Å². The zero-order valence-electron chi connectivity index (χ0n) is 13.7. The van der Waals surface area contributed by atoms with E-state index in [4.69, 9.17) is 5.73 Å². The number of alkyl halides is 6. The molecule has 0 radical (unpaired) electrons. The Morgan fingerprint density at radius 3 is 2.11 bits per heavy atom. The first-order valence-electron chi connectivity index (χ1n) is 7.75. The molecule has 0 unspecified atom stereocenters. The lowest BCUT2D eigenvalue weighted by Crippen LogP contribution is -2.27. The van der Waals surface area contributed by atoms with Crippen molar-refractivity contribution in [1.82, 2.24) is 9.97 Å². The fourth-order valence-electron chi connectivity index (χ4n) is 2.15. The van der Waals surface area contributed by atoms with Crippen LogP contribution >= 0.6 is 15.9 Å². The third-order valence-corrected chi connectivity index (χ3v) is 4.39. The van der Waals surface area contributed by atoms with Crippen molar-refractivity contribution in [3.8, 4) is 0 Å². The van der Waals surface area contributed by atoms with Gasteiger partial charge in [-0.15, -0.1) is 0 Å². The highest BCUT2D eigenvalue weighted by atomic mass is 79.9. The lowest BCUT2D eigenvalue weighted by atomic mass is 9.93. The minimum absolute atomic E-state index is 0.0286. The van der Waals surface area contributed by atoms with Gasteiger partial charge in [-0.05, 0) is 53.4 Å². The van der Waals surface area contributed by atoms with Crippen molar-refractivity contribution in [3.05, 3.63) is 46.2 Å². The van der Waals surface area contributed by atoms with Gasteiger partial charge in [-0.2, -0.15) is 26.3 Å². The van der Waals surface area contributed by atoms with Gasteiger partial charge in [0.25, 0.3) is 0 Å². The van der Waals surface area contributed by atoms with Gasteiger partial charge in [-0.1, -0.05) is 0 Å². The first-order chi connectivity index (χ1) is 12.5. The molecule has 4 nitrogen and oxygen atoms in total. The van der Waals surface area contributed by atoms with Crippen LogP contribution in [0.3, 0.4) is 0 Å². The monoisotopic (exact) mass is 456 g/mol. The predicted octanol–water partition coefficient (Wildman–Crippen LogP) is 5.51. The van der Waals surface area contributed by atoms with Crippen LogP contribution in [0, 0.1) is 0 Å². The average molecular weight is 457 g/mol. The van der Waals surface area contributed by atoms with Crippen molar-refractivity contribution in [2.75, 3.05) is 11.1 Å². The van der Waals surface area contributed by atoms with Crippen LogP contribution in [0.4, 0.5) is 38.0 Å². The highest BCUT2D eigenvalue weighted by Gasteiger charge is 2.34. The molecule has 0 amide bonds. The van der Waals surface area contributed by atoms with Crippen LogP contribution < -0.4 is 11.1 Å². The van der Waals surface area contributed by atoms with Gasteiger partial charge in [0.2, 0.25) is 0 Å². The average Bonchev–Trinajstić information content (AvgIpc) is 2.51. The van der Waals surface area contributed by atoms with Crippen LogP contribution in [0.2, 0.25) is 0 Å². The Labute approximate surface area is 159 Å². The maximum atomic E-state index is 12.6. The number of hydrogen-bond acceptors (Lipinski definition) is 4. The van der Waals surface area contributed by atoms with Crippen LogP contribution in [-0.2, 0) is 12.4 Å². The maximum absolute atomic E-state index is 12.6. The van der Waals surface area contributed by atoms with E-state index in [0.717, 1.165) is 31.4 Å². The summed E-state index contributed by atoms with van der Waals surface area (Å²) in [6, 6.07) is 3.40. The molecular formula is C16H15BrF6N4. The summed E-state index contributed by atoms with van der Waals surface area (Å²) in [7, 11) is 0. The summed E-state index contributed by atoms with van der Waals surface area (Å²) in [5, 5.41) is 2.99. The molecule has 148 valence electrons. The molecule has 0 aromatic carbocycles. The van der Waals surface area contributed by atoms with E-state index >= 15 is 0 Å². The molecule has 27 heavy (non-hydrogen) atoms. The van der Waals surface area contributed by atoms with E-state index in [1.54, 1.807) is 0 Å². The molecule has 11 heteroatoms. The molecule has 2 heterocycles. The van der Waals surface area contributed by atoms with Crippen LogP contribution in [0.25, 0.3) is 0 Å². The van der Waals surface area contributed by atoms with Crippen molar-refractivity contribution in [1.29, 1.82) is 0 Å². The topological polar surface area (TPSA) is 63.8 Å². The number of rotatable bonds is 2. The van der Waals surface area contributed by atoms with Crippen molar-refractivity contribution in [2.24, 2.45) is 0 Å². The quantitative estimate of drug-likeness (QED) is 0.584. The molecule has 0 atom stereocenters. The van der Waals surface area contributed by atoms with Gasteiger partial charge in [0.1, 0.15) is 11.6 Å². The van der Waals surface area contributed by atoms with E-state index in [1.165, 1.54) is 18.5 Å². The van der Waals surface area contributed by atoms with E-state index in [-0.39, 0.29) is 10.5 Å². The normalized spacial score (nSPS) is 14.8. The largest absolute Gasteiger partial charge is 0.419 e. The first-order valence-corrected chi connectivity index (χ1v) is 8.54. The lowest BCUT2D eigenvalue weighted by molar-refractivity contribution is -0.138. The second-order valence-electron chi connectivity index (χ2n) is 5.75. The van der Waals surface area contributed by atoms with Crippen LogP contribution in [0.15, 0.2) is 35.1 Å². The van der Waals surface area contributed by atoms with E-state index in [9.17, 15) is 26.3 Å². The standard InChI is InChI=1S/C10H10BrF3N2.C6H5F3N2/c11-8-5-15-9(16-6-2-1-3-6)4-7(8)10(12,13)14;7-6(8,9)4-2-1-3-11-5(4)10/h4-6H,1-3H2,(H,15,16);1-3H,(H2,10,11). The highest BCUT2D eigenvalue weighted by molar-refractivity contribution is 9.10. The Balaban J connectivity index is 0.000000208. The zero-order chi connectivity index (χ0) is 20.2. The predicted molar refractivity (Wildman–Crippen MR) is 91.9 cm³/mol. The summed E-state index contributed by atoms with van der Waals surface area (Å²) < 4.78 is 73.5. The number of nitrogens with zero attached hydrogens (tertiary/aromatic N) is 2. The molecule has 0 saturated heterocycles. The van der Waals surface area contributed by atoms with E-state index in [0.29, 0.717) is 5.82 Å². The number of anilines is 2. The Morgan fingerprint density at radius 2 is 1.67 bits per heavy atom. The third kappa shape index (κ3) is 5.98. The zero-order valence-corrected chi connectivity index (χ0v) is 15.3. The number of nitrogen functional groups attached to an aromatic ring is 1. The summed E-state index contributed by atoms with van der Waals surface area (Å²) in [5.41, 5.74) is 3.40. The number of hydrogen-bond donors (Lipinski definition) is 2. The summed E-state index contributed by atoms with van der Waals surface area (Å²) >= 11 is 2.85. The molecule has 1 saturated carbocycles. The molecule has 3 N–H and O–H groups in total. The number of pyridine rings is 2. The molecule has 0 spiro atoms. The molecule has 0 bridgehead atoms. The summed E-state index contributed by atoms with van der Waals surface area (Å²) in [4.78, 5) is 7.22. The van der Waals surface area contributed by atoms with Crippen molar-refractivity contribution in [2.45, 2.75) is 37.7 Å². The number of aromatic nitrogens is 2. The smallest absolute Gasteiger partial charge is 0.383 e. The molecule has 1 fully saturated rings. The second-order valence-corrected chi connectivity index (χ2v) is 6.61. The molecule has 0 aliphatic heterocycles. The van der Waals surface area contributed by atoms with Gasteiger partial charge in [0.05, 0.1) is 11.1 Å². The fourth-order valence-corrected chi connectivity index (χ4v) is 2.60. The first kappa shape index (κ1) is 21.3. The Hall–Kier alpha value is -2.04. The number of nitrogens with two attached hydrogens (primary N) is 1. The van der Waals surface area contributed by atoms with E-state index in [2.05, 4.69) is 31.2 Å². The van der Waals surface area contributed by atoms with Crippen molar-refractivity contribution < 1.29 is 26.3 Å². The van der Waals surface area contributed by atoms with Gasteiger partial charge in [-0.3, -0.25) is 0 Å². The summed E-state index contributed by atoms with van der Waals surface area (Å²) in [6.45, 7) is 0. The van der Waals surface area contributed by atoms with E-state index in [1.807, 2.05) is 0 Å². The fraction of sp³-hybridized carbons (Fsp3) is 0.375. The van der Waals surface area contributed by atoms with Gasteiger partial charge >= 0.3 is 12.4 Å². The molecular weight excluding hydrogens is 442 g/mol. The minimum Gasteiger partial charge on any atom is -0.383 e. The molecule has 2 aromatic heterocycles. The Morgan fingerprint density at radius 1 is 1.04 bits per heavy atom.